The van der Waals surface area contributed by atoms with Crippen LogP contribution in [-0.2, 0) is 11.3 Å². The first-order valence-corrected chi connectivity index (χ1v) is 8.85. The molecule has 0 radical (unpaired) electrons. The van der Waals surface area contributed by atoms with Gasteiger partial charge < -0.3 is 10.4 Å². The van der Waals surface area contributed by atoms with E-state index in [0.717, 1.165) is 32.5 Å². The molecule has 0 aliphatic carbocycles. The summed E-state index contributed by atoms with van der Waals surface area (Å²) in [7, 11) is 0. The van der Waals surface area contributed by atoms with Crippen molar-refractivity contribution in [3.63, 3.8) is 0 Å². The van der Waals surface area contributed by atoms with Crippen LogP contribution in [0.5, 0.6) is 0 Å². The van der Waals surface area contributed by atoms with Crippen molar-refractivity contribution in [1.82, 2.24) is 15.2 Å². The minimum Gasteiger partial charge on any atom is -0.378 e. The second-order valence-corrected chi connectivity index (χ2v) is 6.81. The molecule has 3 rings (SSSR count). The van der Waals surface area contributed by atoms with Crippen molar-refractivity contribution in [2.45, 2.75) is 31.5 Å². The van der Waals surface area contributed by atoms with Gasteiger partial charge in [0.1, 0.15) is 0 Å². The third kappa shape index (κ3) is 5.01. The molecule has 1 fully saturated rings. The van der Waals surface area contributed by atoms with E-state index in [9.17, 15) is 9.90 Å². The lowest BCUT2D eigenvalue weighted by Crippen LogP contribution is -2.45. The first-order chi connectivity index (χ1) is 12.1. The van der Waals surface area contributed by atoms with Gasteiger partial charge >= 0.3 is 0 Å². The topological polar surface area (TPSA) is 65.5 Å². The summed E-state index contributed by atoms with van der Waals surface area (Å²) in [6.07, 6.45) is 4.17. The number of nitrogens with zero attached hydrogens (tertiary/aromatic N) is 2. The fourth-order valence-electron chi connectivity index (χ4n) is 3.09. The van der Waals surface area contributed by atoms with E-state index in [1.807, 2.05) is 12.1 Å². The SMILES string of the molecule is O=C(NC1CCN(Cc2ccncc2)CC1)[C@H](O)c1cccc(Cl)c1. The molecule has 0 spiro atoms. The van der Waals surface area contributed by atoms with Crippen LogP contribution >= 0.6 is 11.6 Å². The Kier molecular flexibility index (Phi) is 6.02. The average molecular weight is 360 g/mol. The zero-order valence-corrected chi connectivity index (χ0v) is 14.7. The van der Waals surface area contributed by atoms with Crippen molar-refractivity contribution in [2.75, 3.05) is 13.1 Å². The molecular formula is C19H22ClN3O2. The fourth-order valence-corrected chi connectivity index (χ4v) is 3.29. The minimum absolute atomic E-state index is 0.0926. The first kappa shape index (κ1) is 17.9. The van der Waals surface area contributed by atoms with E-state index in [2.05, 4.69) is 15.2 Å². The van der Waals surface area contributed by atoms with Gasteiger partial charge in [-0.25, -0.2) is 0 Å². The second kappa shape index (κ2) is 8.43. The van der Waals surface area contributed by atoms with Crippen molar-refractivity contribution < 1.29 is 9.90 Å². The number of nitrogens with one attached hydrogen (secondary N) is 1. The van der Waals surface area contributed by atoms with Gasteiger partial charge in [-0.15, -0.1) is 0 Å². The lowest BCUT2D eigenvalue weighted by Gasteiger charge is -2.32. The van der Waals surface area contributed by atoms with Crippen LogP contribution in [-0.4, -0.2) is 40.0 Å². The third-order valence-electron chi connectivity index (χ3n) is 4.50. The monoisotopic (exact) mass is 359 g/mol. The normalized spacial score (nSPS) is 17.2. The van der Waals surface area contributed by atoms with Crippen LogP contribution < -0.4 is 5.32 Å². The second-order valence-electron chi connectivity index (χ2n) is 6.37. The number of likely N-dealkylation sites (tertiary alicyclic amines) is 1. The van der Waals surface area contributed by atoms with Gasteiger partial charge in [-0.2, -0.15) is 0 Å². The van der Waals surface area contributed by atoms with E-state index >= 15 is 0 Å². The number of rotatable bonds is 5. The summed E-state index contributed by atoms with van der Waals surface area (Å²) in [5.41, 5.74) is 1.76. The number of hydrogen-bond acceptors (Lipinski definition) is 4. The zero-order valence-electron chi connectivity index (χ0n) is 13.9. The Morgan fingerprint density at radius 1 is 1.28 bits per heavy atom. The van der Waals surface area contributed by atoms with Gasteiger partial charge in [0.15, 0.2) is 6.10 Å². The molecule has 1 aliphatic heterocycles. The number of carbonyl (C=O) groups is 1. The number of halogens is 1. The molecule has 0 bridgehead atoms. The highest BCUT2D eigenvalue weighted by Crippen LogP contribution is 2.19. The third-order valence-corrected chi connectivity index (χ3v) is 4.74. The molecule has 6 heteroatoms. The Bertz CT molecular complexity index is 703. The highest BCUT2D eigenvalue weighted by Gasteiger charge is 2.24. The lowest BCUT2D eigenvalue weighted by molar-refractivity contribution is -0.130. The summed E-state index contributed by atoms with van der Waals surface area (Å²) in [4.78, 5) is 18.7. The van der Waals surface area contributed by atoms with E-state index in [1.165, 1.54) is 5.56 Å². The highest BCUT2D eigenvalue weighted by molar-refractivity contribution is 6.30. The van der Waals surface area contributed by atoms with Crippen molar-refractivity contribution in [3.8, 4) is 0 Å². The maximum atomic E-state index is 12.3. The van der Waals surface area contributed by atoms with E-state index in [-0.39, 0.29) is 11.9 Å². The molecule has 132 valence electrons. The minimum atomic E-state index is -1.19. The van der Waals surface area contributed by atoms with Gasteiger partial charge in [-0.1, -0.05) is 23.7 Å². The molecular weight excluding hydrogens is 338 g/mol. The number of hydrogen-bond donors (Lipinski definition) is 2. The van der Waals surface area contributed by atoms with Crippen LogP contribution in [0.3, 0.4) is 0 Å². The molecule has 25 heavy (non-hydrogen) atoms. The smallest absolute Gasteiger partial charge is 0.253 e. The van der Waals surface area contributed by atoms with Crippen LogP contribution in [0.25, 0.3) is 0 Å². The van der Waals surface area contributed by atoms with E-state index in [4.69, 9.17) is 11.6 Å². The van der Waals surface area contributed by atoms with Crippen molar-refractivity contribution in [1.29, 1.82) is 0 Å². The number of aliphatic hydroxyl groups excluding tert-OH is 1. The van der Waals surface area contributed by atoms with E-state index in [0.29, 0.717) is 10.6 Å². The highest BCUT2D eigenvalue weighted by atomic mass is 35.5. The fraction of sp³-hybridized carbons (Fsp3) is 0.368. The summed E-state index contributed by atoms with van der Waals surface area (Å²) >= 11 is 5.92. The van der Waals surface area contributed by atoms with Gasteiger partial charge in [0, 0.05) is 43.1 Å². The number of piperidine rings is 1. The molecule has 1 saturated heterocycles. The molecule has 2 heterocycles. The van der Waals surface area contributed by atoms with Gasteiger partial charge in [-0.3, -0.25) is 14.7 Å². The zero-order chi connectivity index (χ0) is 17.6. The van der Waals surface area contributed by atoms with Crippen molar-refractivity contribution in [3.05, 3.63) is 64.9 Å². The standard InChI is InChI=1S/C19H22ClN3O2/c20-16-3-1-2-15(12-16)18(24)19(25)22-17-6-10-23(11-7-17)13-14-4-8-21-9-5-14/h1-5,8-9,12,17-18,24H,6-7,10-11,13H2,(H,22,25)/t18-/m1/s1. The van der Waals surface area contributed by atoms with E-state index < -0.39 is 6.10 Å². The lowest BCUT2D eigenvalue weighted by atomic mass is 10.0. The molecule has 1 aromatic heterocycles. The summed E-state index contributed by atoms with van der Waals surface area (Å²) in [5, 5.41) is 13.7. The maximum Gasteiger partial charge on any atom is 0.253 e. The predicted octanol–water partition coefficient (Wildman–Crippen LogP) is 2.55. The summed E-state index contributed by atoms with van der Waals surface area (Å²) in [6, 6.07) is 10.9. The van der Waals surface area contributed by atoms with Crippen LogP contribution in [0.15, 0.2) is 48.8 Å². The Morgan fingerprint density at radius 3 is 2.68 bits per heavy atom. The molecule has 1 amide bonds. The number of pyridine rings is 1. The number of aliphatic hydroxyl groups is 1. The van der Waals surface area contributed by atoms with Crippen LogP contribution in [0.1, 0.15) is 30.1 Å². The van der Waals surface area contributed by atoms with E-state index in [1.54, 1.807) is 36.7 Å². The Hall–Kier alpha value is -1.95. The molecule has 0 saturated carbocycles. The number of aromatic nitrogens is 1. The Morgan fingerprint density at radius 2 is 2.00 bits per heavy atom. The summed E-state index contributed by atoms with van der Waals surface area (Å²) in [6.45, 7) is 2.73. The Balaban J connectivity index is 1.47. The van der Waals surface area contributed by atoms with Crippen molar-refractivity contribution >= 4 is 17.5 Å². The molecule has 2 N–H and O–H groups in total. The average Bonchev–Trinajstić information content (AvgIpc) is 2.63. The first-order valence-electron chi connectivity index (χ1n) is 8.47. The number of benzene rings is 1. The quantitative estimate of drug-likeness (QED) is 0.861. The molecule has 1 aliphatic rings. The molecule has 2 aromatic rings. The molecule has 1 aromatic carbocycles. The largest absolute Gasteiger partial charge is 0.378 e. The van der Waals surface area contributed by atoms with Gasteiger partial charge in [0.05, 0.1) is 0 Å². The van der Waals surface area contributed by atoms with Gasteiger partial charge in [-0.05, 0) is 48.2 Å². The predicted molar refractivity (Wildman–Crippen MR) is 97.1 cm³/mol. The van der Waals surface area contributed by atoms with Gasteiger partial charge in [0.25, 0.3) is 5.91 Å². The molecule has 1 atom stereocenters. The molecule has 5 nitrogen and oxygen atoms in total. The van der Waals surface area contributed by atoms with Gasteiger partial charge in [0.2, 0.25) is 0 Å². The van der Waals surface area contributed by atoms with Crippen molar-refractivity contribution in [2.24, 2.45) is 0 Å². The molecule has 0 unspecified atom stereocenters. The van der Waals surface area contributed by atoms with Crippen LogP contribution in [0, 0.1) is 0 Å². The maximum absolute atomic E-state index is 12.3. The summed E-state index contributed by atoms with van der Waals surface area (Å²) < 4.78 is 0. The number of amides is 1. The van der Waals surface area contributed by atoms with Crippen LogP contribution in [0.2, 0.25) is 5.02 Å². The Labute approximate surface area is 152 Å². The van der Waals surface area contributed by atoms with Crippen LogP contribution in [0.4, 0.5) is 0 Å². The number of carbonyl (C=O) groups excluding carboxylic acids is 1. The summed E-state index contributed by atoms with van der Waals surface area (Å²) in [5.74, 6) is -0.366.